The topological polar surface area (TPSA) is 65.0 Å². The SMILES string of the molecule is CCOP(C)(=O)COc1cc(Br)c(Oc2ccc(O)c(C(C)C)c2)c(Br)c1. The van der Waals surface area contributed by atoms with Crippen LogP contribution in [0.2, 0.25) is 0 Å². The van der Waals surface area contributed by atoms with Crippen LogP contribution in [0.4, 0.5) is 0 Å². The van der Waals surface area contributed by atoms with Crippen LogP contribution in [0.25, 0.3) is 0 Å². The van der Waals surface area contributed by atoms with Crippen LogP contribution >= 0.6 is 39.2 Å². The van der Waals surface area contributed by atoms with Gasteiger partial charge >= 0.3 is 0 Å². The number of benzene rings is 2. The van der Waals surface area contributed by atoms with Crippen molar-refractivity contribution in [2.75, 3.05) is 19.6 Å². The molecular formula is C19H23Br2O5P. The minimum Gasteiger partial charge on any atom is -0.508 e. The van der Waals surface area contributed by atoms with Gasteiger partial charge in [-0.25, -0.2) is 0 Å². The number of phenols is 1. The largest absolute Gasteiger partial charge is 0.508 e. The van der Waals surface area contributed by atoms with Crippen LogP contribution in [0, 0.1) is 0 Å². The second kappa shape index (κ2) is 9.46. The molecule has 0 aromatic heterocycles. The van der Waals surface area contributed by atoms with Crippen LogP contribution in [0.15, 0.2) is 39.3 Å². The molecule has 0 aliphatic carbocycles. The summed E-state index contributed by atoms with van der Waals surface area (Å²) in [6, 6.07) is 8.64. The zero-order chi connectivity index (χ0) is 20.2. The van der Waals surface area contributed by atoms with Crippen molar-refractivity contribution in [1.82, 2.24) is 0 Å². The summed E-state index contributed by atoms with van der Waals surface area (Å²) in [4.78, 5) is 0. The molecule has 0 amide bonds. The van der Waals surface area contributed by atoms with Gasteiger partial charge in [-0.05, 0) is 75.0 Å². The van der Waals surface area contributed by atoms with Crippen molar-refractivity contribution >= 4 is 39.2 Å². The van der Waals surface area contributed by atoms with Crippen molar-refractivity contribution in [1.29, 1.82) is 0 Å². The molecule has 0 aliphatic rings. The van der Waals surface area contributed by atoms with E-state index in [2.05, 4.69) is 31.9 Å². The maximum Gasteiger partial charge on any atom is 0.236 e. The highest BCUT2D eigenvalue weighted by molar-refractivity contribution is 9.11. The highest BCUT2D eigenvalue weighted by Gasteiger charge is 2.18. The van der Waals surface area contributed by atoms with Gasteiger partial charge in [0, 0.05) is 12.2 Å². The van der Waals surface area contributed by atoms with Gasteiger partial charge in [0.05, 0.1) is 15.6 Å². The van der Waals surface area contributed by atoms with Gasteiger partial charge in [-0.2, -0.15) is 0 Å². The Morgan fingerprint density at radius 1 is 1.11 bits per heavy atom. The molecular weight excluding hydrogens is 499 g/mol. The summed E-state index contributed by atoms with van der Waals surface area (Å²) in [6.07, 6.45) is -0.00433. The van der Waals surface area contributed by atoms with E-state index in [0.717, 1.165) is 5.56 Å². The number of hydrogen-bond acceptors (Lipinski definition) is 5. The lowest BCUT2D eigenvalue weighted by Gasteiger charge is -2.16. The first kappa shape index (κ1) is 22.3. The van der Waals surface area contributed by atoms with E-state index in [9.17, 15) is 9.67 Å². The fraction of sp³-hybridized carbons (Fsp3) is 0.368. The first-order chi connectivity index (χ1) is 12.6. The second-order valence-corrected chi connectivity index (χ2v) is 10.7. The average molecular weight is 522 g/mol. The summed E-state index contributed by atoms with van der Waals surface area (Å²) in [5.41, 5.74) is 0.814. The Morgan fingerprint density at radius 3 is 2.30 bits per heavy atom. The van der Waals surface area contributed by atoms with E-state index in [1.807, 2.05) is 19.9 Å². The Morgan fingerprint density at radius 2 is 1.74 bits per heavy atom. The van der Waals surface area contributed by atoms with Gasteiger partial charge in [-0.3, -0.25) is 4.57 Å². The Balaban J connectivity index is 2.20. The third-order valence-electron chi connectivity index (χ3n) is 3.68. The smallest absolute Gasteiger partial charge is 0.236 e. The molecule has 0 saturated heterocycles. The lowest BCUT2D eigenvalue weighted by Crippen LogP contribution is -2.01. The van der Waals surface area contributed by atoms with Crippen LogP contribution in [-0.2, 0) is 9.09 Å². The van der Waals surface area contributed by atoms with Crippen LogP contribution in [-0.4, -0.2) is 24.7 Å². The van der Waals surface area contributed by atoms with Gasteiger partial charge in [-0.15, -0.1) is 0 Å². The molecule has 0 saturated carbocycles. The molecule has 2 rings (SSSR count). The quantitative estimate of drug-likeness (QED) is 0.375. The molecule has 148 valence electrons. The third-order valence-corrected chi connectivity index (χ3v) is 6.26. The average Bonchev–Trinajstić information content (AvgIpc) is 2.57. The van der Waals surface area contributed by atoms with E-state index in [0.29, 0.717) is 32.8 Å². The lowest BCUT2D eigenvalue weighted by molar-refractivity contribution is 0.297. The number of hydrogen-bond donors (Lipinski definition) is 1. The van der Waals surface area contributed by atoms with Gasteiger partial charge in [0.2, 0.25) is 7.37 Å². The van der Waals surface area contributed by atoms with E-state index in [1.54, 1.807) is 37.9 Å². The van der Waals surface area contributed by atoms with E-state index in [-0.39, 0.29) is 18.0 Å². The predicted molar refractivity (Wildman–Crippen MR) is 115 cm³/mol. The normalized spacial score (nSPS) is 13.4. The summed E-state index contributed by atoms with van der Waals surface area (Å²) in [5, 5.41) is 9.96. The van der Waals surface area contributed by atoms with Crippen LogP contribution < -0.4 is 9.47 Å². The predicted octanol–water partition coefficient (Wildman–Crippen LogP) is 7.11. The number of phenolic OH excluding ortho intramolecular Hbond substituents is 1. The van der Waals surface area contributed by atoms with E-state index < -0.39 is 7.37 Å². The van der Waals surface area contributed by atoms with Crippen molar-refractivity contribution in [3.63, 3.8) is 0 Å². The fourth-order valence-electron chi connectivity index (χ4n) is 2.40. The first-order valence-electron chi connectivity index (χ1n) is 8.46. The number of ether oxygens (including phenoxy) is 2. The van der Waals surface area contributed by atoms with Gasteiger partial charge in [0.15, 0.2) is 12.1 Å². The summed E-state index contributed by atoms with van der Waals surface area (Å²) in [5.74, 6) is 2.15. The fourth-order valence-corrected chi connectivity index (χ4v) is 4.71. The molecule has 5 nitrogen and oxygen atoms in total. The van der Waals surface area contributed by atoms with Crippen molar-refractivity contribution in [3.05, 3.63) is 44.8 Å². The molecule has 0 spiro atoms. The molecule has 2 aromatic rings. The van der Waals surface area contributed by atoms with Crippen LogP contribution in [0.3, 0.4) is 0 Å². The molecule has 1 N–H and O–H groups in total. The molecule has 0 radical (unpaired) electrons. The molecule has 1 atom stereocenters. The maximum atomic E-state index is 12.2. The molecule has 0 bridgehead atoms. The van der Waals surface area contributed by atoms with Crippen molar-refractivity contribution in [2.45, 2.75) is 26.7 Å². The molecule has 0 fully saturated rings. The summed E-state index contributed by atoms with van der Waals surface area (Å²) in [7, 11) is -2.78. The highest BCUT2D eigenvalue weighted by Crippen LogP contribution is 2.44. The van der Waals surface area contributed by atoms with E-state index in [1.165, 1.54) is 0 Å². The Kier molecular flexibility index (Phi) is 7.81. The summed E-state index contributed by atoms with van der Waals surface area (Å²) >= 11 is 6.97. The monoisotopic (exact) mass is 520 g/mol. The molecule has 8 heteroatoms. The molecule has 0 heterocycles. The van der Waals surface area contributed by atoms with Crippen molar-refractivity contribution < 1.29 is 23.7 Å². The minimum atomic E-state index is -2.78. The van der Waals surface area contributed by atoms with Gasteiger partial charge in [0.1, 0.15) is 17.2 Å². The summed E-state index contributed by atoms with van der Waals surface area (Å²) < 4.78 is 30.3. The first-order valence-corrected chi connectivity index (χ1v) is 12.3. The third kappa shape index (κ3) is 6.24. The number of rotatable bonds is 8. The minimum absolute atomic E-state index is 0.00433. The van der Waals surface area contributed by atoms with Gasteiger partial charge in [-0.1, -0.05) is 13.8 Å². The zero-order valence-corrected chi connectivity index (χ0v) is 19.7. The Labute approximate surface area is 176 Å². The zero-order valence-electron chi connectivity index (χ0n) is 15.7. The second-order valence-electron chi connectivity index (χ2n) is 6.40. The highest BCUT2D eigenvalue weighted by atomic mass is 79.9. The Bertz CT molecular complexity index is 831. The van der Waals surface area contributed by atoms with Gasteiger partial charge < -0.3 is 19.1 Å². The molecule has 27 heavy (non-hydrogen) atoms. The molecule has 0 aliphatic heterocycles. The standard InChI is InChI=1S/C19H23Br2O5P/c1-5-25-27(4,23)11-24-14-9-16(20)19(17(21)10-14)26-13-6-7-18(22)15(8-13)12(2)3/h6-10,12,22H,5,11H2,1-4H3. The summed E-state index contributed by atoms with van der Waals surface area (Å²) in [6.45, 7) is 7.73. The van der Waals surface area contributed by atoms with Crippen molar-refractivity contribution in [2.24, 2.45) is 0 Å². The molecule has 2 aromatic carbocycles. The number of halogens is 2. The van der Waals surface area contributed by atoms with E-state index >= 15 is 0 Å². The Hall–Kier alpha value is -1.01. The van der Waals surface area contributed by atoms with Crippen molar-refractivity contribution in [3.8, 4) is 23.0 Å². The van der Waals surface area contributed by atoms with Gasteiger partial charge in [0.25, 0.3) is 0 Å². The number of aromatic hydroxyl groups is 1. The lowest BCUT2D eigenvalue weighted by atomic mass is 10.0. The molecule has 1 unspecified atom stereocenters. The van der Waals surface area contributed by atoms with E-state index in [4.69, 9.17) is 14.0 Å². The van der Waals surface area contributed by atoms with Crippen LogP contribution in [0.5, 0.6) is 23.0 Å². The maximum absolute atomic E-state index is 12.2. The van der Waals surface area contributed by atoms with Crippen LogP contribution in [0.1, 0.15) is 32.3 Å².